The van der Waals surface area contributed by atoms with Gasteiger partial charge in [-0.3, -0.25) is 0 Å². The lowest BCUT2D eigenvalue weighted by Crippen LogP contribution is -2.13. The van der Waals surface area contributed by atoms with Crippen LogP contribution in [0.25, 0.3) is 16.8 Å². The molecule has 2 aromatic rings. The summed E-state index contributed by atoms with van der Waals surface area (Å²) in [6, 6.07) is 10.4. The molecule has 0 aliphatic heterocycles. The van der Waals surface area contributed by atoms with Crippen LogP contribution < -0.4 is 0 Å². The van der Waals surface area contributed by atoms with E-state index >= 15 is 0 Å². The van der Waals surface area contributed by atoms with Gasteiger partial charge in [-0.2, -0.15) is 0 Å². The highest BCUT2D eigenvalue weighted by Crippen LogP contribution is 2.32. The van der Waals surface area contributed by atoms with E-state index in [1.54, 1.807) is 0 Å². The van der Waals surface area contributed by atoms with E-state index in [2.05, 4.69) is 83.9 Å². The Morgan fingerprint density at radius 2 is 2.10 bits per heavy atom. The van der Waals surface area contributed by atoms with Gasteiger partial charge < -0.3 is 0 Å². The fraction of sp³-hybridized carbons (Fsp3) is 0.222. The molecular formula is C18H17IN2. The summed E-state index contributed by atoms with van der Waals surface area (Å²) in [5.41, 5.74) is 4.46. The molecule has 3 rings (SSSR count). The summed E-state index contributed by atoms with van der Waals surface area (Å²) < 4.78 is 0.204. The minimum Gasteiger partial charge on any atom is -0.237 e. The lowest BCUT2D eigenvalue weighted by molar-refractivity contribution is 0.837. The number of nitrogens with zero attached hydrogens (tertiary/aromatic N) is 2. The predicted molar refractivity (Wildman–Crippen MR) is 96.4 cm³/mol. The van der Waals surface area contributed by atoms with Crippen LogP contribution in [0.3, 0.4) is 0 Å². The van der Waals surface area contributed by atoms with E-state index in [4.69, 9.17) is 4.98 Å². The Balaban J connectivity index is 1.95. The largest absolute Gasteiger partial charge is 0.237 e. The van der Waals surface area contributed by atoms with Crippen molar-refractivity contribution in [3.63, 3.8) is 0 Å². The average Bonchev–Trinajstić information content (AvgIpc) is 2.47. The van der Waals surface area contributed by atoms with Gasteiger partial charge in [0.2, 0.25) is 0 Å². The Morgan fingerprint density at radius 3 is 2.81 bits per heavy atom. The second kappa shape index (κ2) is 5.72. The van der Waals surface area contributed by atoms with E-state index in [0.717, 1.165) is 29.1 Å². The van der Waals surface area contributed by atoms with E-state index in [-0.39, 0.29) is 3.42 Å². The molecule has 21 heavy (non-hydrogen) atoms. The van der Waals surface area contributed by atoms with E-state index in [1.165, 1.54) is 5.56 Å². The van der Waals surface area contributed by atoms with Crippen LogP contribution in [0.15, 0.2) is 54.8 Å². The summed E-state index contributed by atoms with van der Waals surface area (Å²) in [6.45, 7) is 4.32. The molecule has 0 spiro atoms. The monoisotopic (exact) mass is 388 g/mol. The number of rotatable bonds is 2. The van der Waals surface area contributed by atoms with Crippen molar-refractivity contribution in [2.45, 2.75) is 23.7 Å². The average molecular weight is 388 g/mol. The molecule has 1 heterocycles. The molecule has 0 fully saturated rings. The molecule has 1 aromatic carbocycles. The van der Waals surface area contributed by atoms with Crippen molar-refractivity contribution in [2.75, 3.05) is 0 Å². The van der Waals surface area contributed by atoms with Crippen molar-refractivity contribution < 1.29 is 0 Å². The first-order valence-electron chi connectivity index (χ1n) is 7.02. The van der Waals surface area contributed by atoms with Crippen LogP contribution in [-0.4, -0.2) is 13.4 Å². The Morgan fingerprint density at radius 1 is 1.24 bits per heavy atom. The summed E-state index contributed by atoms with van der Waals surface area (Å²) in [7, 11) is 0. The lowest BCUT2D eigenvalue weighted by atomic mass is 9.98. The van der Waals surface area contributed by atoms with Crippen LogP contribution in [0.5, 0.6) is 0 Å². The molecule has 0 N–H and O–H groups in total. The Kier molecular flexibility index (Phi) is 3.93. The number of allylic oxidation sites excluding steroid dienone is 4. The maximum atomic E-state index is 4.72. The van der Waals surface area contributed by atoms with Gasteiger partial charge in [0.05, 0.1) is 5.69 Å². The van der Waals surface area contributed by atoms with Crippen molar-refractivity contribution in [3.05, 3.63) is 66.1 Å². The van der Waals surface area contributed by atoms with Crippen LogP contribution in [0.4, 0.5) is 0 Å². The van der Waals surface area contributed by atoms with Crippen molar-refractivity contribution in [2.24, 2.45) is 0 Å². The first-order valence-corrected chi connectivity index (χ1v) is 8.10. The highest BCUT2D eigenvalue weighted by Gasteiger charge is 2.19. The van der Waals surface area contributed by atoms with Gasteiger partial charge in [0.25, 0.3) is 0 Å². The summed E-state index contributed by atoms with van der Waals surface area (Å²) >= 11 is 2.47. The molecule has 1 aliphatic rings. The zero-order valence-electron chi connectivity index (χ0n) is 12.2. The van der Waals surface area contributed by atoms with Gasteiger partial charge in [0.1, 0.15) is 0 Å². The predicted octanol–water partition coefficient (Wildman–Crippen LogP) is 4.99. The quantitative estimate of drug-likeness (QED) is 0.535. The normalized spacial score (nSPS) is 21.2. The first-order chi connectivity index (χ1) is 10.0. The van der Waals surface area contributed by atoms with E-state index < -0.39 is 0 Å². The molecular weight excluding hydrogens is 371 g/mol. The molecule has 1 aromatic heterocycles. The van der Waals surface area contributed by atoms with Crippen LogP contribution >= 0.6 is 22.6 Å². The summed E-state index contributed by atoms with van der Waals surface area (Å²) in [5, 5.41) is 0. The third kappa shape index (κ3) is 3.40. The molecule has 0 amide bonds. The molecule has 1 aliphatic carbocycles. The Labute approximate surface area is 139 Å². The number of hydrogen-bond donors (Lipinski definition) is 0. The number of alkyl halides is 1. The third-order valence-electron chi connectivity index (χ3n) is 3.56. The molecule has 0 saturated heterocycles. The van der Waals surface area contributed by atoms with E-state index in [0.29, 0.717) is 0 Å². The second-order valence-corrected chi connectivity index (χ2v) is 8.07. The van der Waals surface area contributed by atoms with Crippen LogP contribution in [0.2, 0.25) is 0 Å². The van der Waals surface area contributed by atoms with E-state index in [1.807, 2.05) is 12.3 Å². The van der Waals surface area contributed by atoms with Crippen LogP contribution in [-0.2, 0) is 0 Å². The lowest BCUT2D eigenvalue weighted by Gasteiger charge is -2.20. The maximum Gasteiger partial charge on any atom is 0.159 e. The zero-order valence-corrected chi connectivity index (χ0v) is 14.3. The molecule has 0 saturated carbocycles. The van der Waals surface area contributed by atoms with Crippen molar-refractivity contribution >= 4 is 28.2 Å². The first kappa shape index (κ1) is 14.4. The minimum absolute atomic E-state index is 0.204. The topological polar surface area (TPSA) is 25.8 Å². The highest BCUT2D eigenvalue weighted by atomic mass is 127. The zero-order chi connectivity index (χ0) is 14.9. The van der Waals surface area contributed by atoms with Gasteiger partial charge in [-0.15, -0.1) is 0 Å². The fourth-order valence-corrected chi connectivity index (χ4v) is 2.74. The third-order valence-corrected chi connectivity index (χ3v) is 4.36. The van der Waals surface area contributed by atoms with E-state index in [9.17, 15) is 0 Å². The van der Waals surface area contributed by atoms with Crippen LogP contribution in [0.1, 0.15) is 24.7 Å². The SMILES string of the molecule is Cc1cccc(-c2ccnc(C3=CC[C@](C)(I)C=C3)n2)c1. The van der Waals surface area contributed by atoms with Gasteiger partial charge in [-0.1, -0.05) is 64.6 Å². The molecule has 106 valence electrons. The van der Waals surface area contributed by atoms with Gasteiger partial charge >= 0.3 is 0 Å². The molecule has 0 unspecified atom stereocenters. The molecule has 0 radical (unpaired) electrons. The van der Waals surface area contributed by atoms with Crippen molar-refractivity contribution in [1.82, 2.24) is 9.97 Å². The Bertz CT molecular complexity index is 730. The van der Waals surface area contributed by atoms with Gasteiger partial charge in [-0.05, 0) is 32.4 Å². The highest BCUT2D eigenvalue weighted by molar-refractivity contribution is 14.1. The van der Waals surface area contributed by atoms with Crippen LogP contribution in [0, 0.1) is 6.92 Å². The van der Waals surface area contributed by atoms with Gasteiger partial charge in [0, 0.05) is 20.8 Å². The summed E-state index contributed by atoms with van der Waals surface area (Å²) in [6.07, 6.45) is 9.43. The number of benzene rings is 1. The van der Waals surface area contributed by atoms with Gasteiger partial charge in [-0.25, -0.2) is 9.97 Å². The molecule has 0 bridgehead atoms. The number of aryl methyl sites for hydroxylation is 1. The summed E-state index contributed by atoms with van der Waals surface area (Å²) in [5.74, 6) is 0.803. The summed E-state index contributed by atoms with van der Waals surface area (Å²) in [4.78, 5) is 9.15. The Hall–Kier alpha value is -1.49. The molecule has 1 atom stereocenters. The van der Waals surface area contributed by atoms with Gasteiger partial charge in [0.15, 0.2) is 5.82 Å². The maximum absolute atomic E-state index is 4.72. The number of halogens is 1. The number of hydrogen-bond acceptors (Lipinski definition) is 2. The van der Waals surface area contributed by atoms with Crippen molar-refractivity contribution in [3.8, 4) is 11.3 Å². The second-order valence-electron chi connectivity index (χ2n) is 5.61. The smallest absolute Gasteiger partial charge is 0.159 e. The molecule has 3 heteroatoms. The minimum atomic E-state index is 0.204. The number of aromatic nitrogens is 2. The fourth-order valence-electron chi connectivity index (χ4n) is 2.34. The molecule has 2 nitrogen and oxygen atoms in total. The standard InChI is InChI=1S/C18H17IN2/c1-13-4-3-5-15(12-13)16-8-11-20-17(21-16)14-6-9-18(2,19)10-7-14/h3-9,11-12H,10H2,1-2H3/t18-/m1/s1. The van der Waals surface area contributed by atoms with Crippen molar-refractivity contribution in [1.29, 1.82) is 0 Å².